The van der Waals surface area contributed by atoms with Crippen molar-refractivity contribution in [1.29, 1.82) is 0 Å². The topological polar surface area (TPSA) is 76.4 Å². The van der Waals surface area contributed by atoms with Crippen LogP contribution in [-0.2, 0) is 4.74 Å². The first-order chi connectivity index (χ1) is 11.7. The smallest absolute Gasteiger partial charge is 0.156 e. The van der Waals surface area contributed by atoms with Gasteiger partial charge in [0, 0.05) is 24.8 Å². The summed E-state index contributed by atoms with van der Waals surface area (Å²) in [7, 11) is 0. The highest BCUT2D eigenvalue weighted by atomic mass is 19.1. The van der Waals surface area contributed by atoms with Crippen LogP contribution in [0.5, 0.6) is 5.75 Å². The SMILES string of the molecule is Nc1n[nH]c2cc(OCC3CCN(C4CCOC4)CC3)cc(F)c12. The molecule has 3 N–H and O–H groups in total. The Morgan fingerprint density at radius 2 is 2.17 bits per heavy atom. The molecule has 130 valence electrons. The fraction of sp³-hybridized carbons (Fsp3) is 0.588. The van der Waals surface area contributed by atoms with Gasteiger partial charge in [-0.25, -0.2) is 4.39 Å². The zero-order valence-corrected chi connectivity index (χ0v) is 13.6. The largest absolute Gasteiger partial charge is 0.493 e. The van der Waals surface area contributed by atoms with Crippen molar-refractivity contribution in [2.75, 3.05) is 38.6 Å². The highest BCUT2D eigenvalue weighted by Crippen LogP contribution is 2.28. The van der Waals surface area contributed by atoms with E-state index < -0.39 is 5.82 Å². The molecule has 4 rings (SSSR count). The molecule has 1 unspecified atom stereocenters. The van der Waals surface area contributed by atoms with E-state index in [0.717, 1.165) is 45.6 Å². The molecule has 2 aromatic rings. The number of nitrogen functional groups attached to an aromatic ring is 1. The number of anilines is 1. The molecule has 1 aromatic carbocycles. The Morgan fingerprint density at radius 3 is 2.92 bits per heavy atom. The summed E-state index contributed by atoms with van der Waals surface area (Å²) in [6.07, 6.45) is 3.37. The van der Waals surface area contributed by atoms with Gasteiger partial charge < -0.3 is 15.2 Å². The van der Waals surface area contributed by atoms with Gasteiger partial charge in [0.2, 0.25) is 0 Å². The van der Waals surface area contributed by atoms with Gasteiger partial charge in [-0.2, -0.15) is 5.10 Å². The molecule has 2 aliphatic rings. The summed E-state index contributed by atoms with van der Waals surface area (Å²) < 4.78 is 25.4. The molecule has 0 saturated carbocycles. The van der Waals surface area contributed by atoms with E-state index in [1.165, 1.54) is 6.07 Å². The highest BCUT2D eigenvalue weighted by molar-refractivity contribution is 5.90. The number of H-pyrrole nitrogens is 1. The number of hydrogen-bond acceptors (Lipinski definition) is 5. The van der Waals surface area contributed by atoms with Crippen LogP contribution in [0.15, 0.2) is 12.1 Å². The van der Waals surface area contributed by atoms with Crippen LogP contribution < -0.4 is 10.5 Å². The lowest BCUT2D eigenvalue weighted by molar-refractivity contribution is 0.0937. The third-order valence-corrected chi connectivity index (χ3v) is 5.17. The summed E-state index contributed by atoms with van der Waals surface area (Å²) in [6, 6.07) is 3.74. The van der Waals surface area contributed by atoms with Crippen molar-refractivity contribution in [3.05, 3.63) is 17.9 Å². The van der Waals surface area contributed by atoms with Gasteiger partial charge in [-0.3, -0.25) is 10.00 Å². The van der Waals surface area contributed by atoms with Crippen LogP contribution in [0.2, 0.25) is 0 Å². The van der Waals surface area contributed by atoms with Gasteiger partial charge in [-0.1, -0.05) is 0 Å². The van der Waals surface area contributed by atoms with Crippen LogP contribution in [0.4, 0.5) is 10.2 Å². The normalized spacial score (nSPS) is 23.1. The number of aromatic nitrogens is 2. The van der Waals surface area contributed by atoms with Crippen molar-refractivity contribution < 1.29 is 13.9 Å². The van der Waals surface area contributed by atoms with Crippen molar-refractivity contribution in [3.8, 4) is 5.75 Å². The predicted molar refractivity (Wildman–Crippen MR) is 89.5 cm³/mol. The maximum atomic E-state index is 14.1. The summed E-state index contributed by atoms with van der Waals surface area (Å²) in [5.74, 6) is 0.812. The number of nitrogens with two attached hydrogens (primary N) is 1. The predicted octanol–water partition coefficient (Wildman–Crippen LogP) is 2.16. The molecule has 1 aromatic heterocycles. The van der Waals surface area contributed by atoms with Crippen LogP contribution >= 0.6 is 0 Å². The van der Waals surface area contributed by atoms with E-state index in [9.17, 15) is 4.39 Å². The van der Waals surface area contributed by atoms with Gasteiger partial charge in [0.25, 0.3) is 0 Å². The van der Waals surface area contributed by atoms with Crippen molar-refractivity contribution in [2.24, 2.45) is 5.92 Å². The van der Waals surface area contributed by atoms with Gasteiger partial charge >= 0.3 is 0 Å². The molecule has 6 nitrogen and oxygen atoms in total. The van der Waals surface area contributed by atoms with E-state index in [1.54, 1.807) is 6.07 Å². The van der Waals surface area contributed by atoms with Crippen molar-refractivity contribution in [1.82, 2.24) is 15.1 Å². The molecule has 2 aliphatic heterocycles. The zero-order valence-electron chi connectivity index (χ0n) is 13.6. The van der Waals surface area contributed by atoms with Crippen LogP contribution in [0.1, 0.15) is 19.3 Å². The monoisotopic (exact) mass is 334 g/mol. The minimum absolute atomic E-state index is 0.178. The van der Waals surface area contributed by atoms with Crippen molar-refractivity contribution >= 4 is 16.7 Å². The number of hydrogen-bond donors (Lipinski definition) is 2. The number of nitrogens with zero attached hydrogens (tertiary/aromatic N) is 2. The Bertz CT molecular complexity index is 706. The first-order valence-corrected chi connectivity index (χ1v) is 8.58. The second-order valence-corrected chi connectivity index (χ2v) is 6.74. The fourth-order valence-electron chi connectivity index (χ4n) is 3.70. The van der Waals surface area contributed by atoms with E-state index in [0.29, 0.717) is 35.2 Å². The standard InChI is InChI=1S/C17H23FN4O2/c18-14-7-13(8-15-16(14)17(19)21-20-15)24-9-11-1-4-22(5-2-11)12-3-6-23-10-12/h7-8,11-12H,1-6,9-10H2,(H3,19,20,21). The second kappa shape index (κ2) is 6.57. The summed E-state index contributed by atoms with van der Waals surface area (Å²) >= 11 is 0. The number of piperidine rings is 1. The molecular weight excluding hydrogens is 311 g/mol. The number of ether oxygens (including phenoxy) is 2. The molecule has 0 aliphatic carbocycles. The number of halogens is 1. The van der Waals surface area contributed by atoms with Gasteiger partial charge in [-0.15, -0.1) is 0 Å². The van der Waals surface area contributed by atoms with Crippen molar-refractivity contribution in [3.63, 3.8) is 0 Å². The molecule has 0 radical (unpaired) electrons. The average molecular weight is 334 g/mol. The summed E-state index contributed by atoms with van der Waals surface area (Å²) in [5.41, 5.74) is 6.21. The Hall–Kier alpha value is -1.86. The van der Waals surface area contributed by atoms with E-state index in [-0.39, 0.29) is 5.82 Å². The lowest BCUT2D eigenvalue weighted by Gasteiger charge is -2.35. The molecule has 0 spiro atoms. The van der Waals surface area contributed by atoms with E-state index >= 15 is 0 Å². The molecule has 1 atom stereocenters. The molecule has 0 bridgehead atoms. The van der Waals surface area contributed by atoms with Gasteiger partial charge in [0.05, 0.1) is 24.1 Å². The molecule has 24 heavy (non-hydrogen) atoms. The van der Waals surface area contributed by atoms with Crippen LogP contribution in [0.3, 0.4) is 0 Å². The number of rotatable bonds is 4. The number of aromatic amines is 1. The molecule has 2 saturated heterocycles. The van der Waals surface area contributed by atoms with E-state index in [1.807, 2.05) is 0 Å². The quantitative estimate of drug-likeness (QED) is 0.896. The Kier molecular flexibility index (Phi) is 4.28. The number of benzene rings is 1. The summed E-state index contributed by atoms with van der Waals surface area (Å²) in [6.45, 7) is 4.55. The Balaban J connectivity index is 1.32. The minimum atomic E-state index is -0.398. The number of fused-ring (bicyclic) bond motifs is 1. The van der Waals surface area contributed by atoms with E-state index in [4.69, 9.17) is 15.2 Å². The number of nitrogens with one attached hydrogen (secondary N) is 1. The van der Waals surface area contributed by atoms with Crippen LogP contribution in [0.25, 0.3) is 10.9 Å². The molecular formula is C17H23FN4O2. The molecule has 2 fully saturated rings. The zero-order chi connectivity index (χ0) is 16.5. The lowest BCUT2D eigenvalue weighted by Crippen LogP contribution is -2.42. The van der Waals surface area contributed by atoms with Crippen LogP contribution in [-0.4, -0.2) is 54.0 Å². The maximum Gasteiger partial charge on any atom is 0.156 e. The molecule has 7 heteroatoms. The maximum absolute atomic E-state index is 14.1. The first-order valence-electron chi connectivity index (χ1n) is 8.58. The third kappa shape index (κ3) is 3.06. The van der Waals surface area contributed by atoms with E-state index in [2.05, 4.69) is 15.1 Å². The lowest BCUT2D eigenvalue weighted by atomic mass is 9.96. The van der Waals surface area contributed by atoms with Gasteiger partial charge in [-0.05, 0) is 38.3 Å². The first kappa shape index (κ1) is 15.7. The second-order valence-electron chi connectivity index (χ2n) is 6.74. The van der Waals surface area contributed by atoms with Gasteiger partial charge in [0.1, 0.15) is 11.6 Å². The van der Waals surface area contributed by atoms with Crippen LogP contribution in [0, 0.1) is 11.7 Å². The molecule has 0 amide bonds. The van der Waals surface area contributed by atoms with Crippen molar-refractivity contribution in [2.45, 2.75) is 25.3 Å². The fourth-order valence-corrected chi connectivity index (χ4v) is 3.70. The third-order valence-electron chi connectivity index (χ3n) is 5.17. The summed E-state index contributed by atoms with van der Waals surface area (Å²) in [4.78, 5) is 2.53. The minimum Gasteiger partial charge on any atom is -0.493 e. The Labute approximate surface area is 140 Å². The molecule has 3 heterocycles. The van der Waals surface area contributed by atoms with Gasteiger partial charge in [0.15, 0.2) is 5.82 Å². The number of likely N-dealkylation sites (tertiary alicyclic amines) is 1. The summed E-state index contributed by atoms with van der Waals surface area (Å²) in [5, 5.41) is 6.89. The average Bonchev–Trinajstić information content (AvgIpc) is 3.24. The highest BCUT2D eigenvalue weighted by Gasteiger charge is 2.27. The Morgan fingerprint density at radius 1 is 1.33 bits per heavy atom.